The zero-order valence-electron chi connectivity index (χ0n) is 14.9. The van der Waals surface area contributed by atoms with Crippen molar-refractivity contribution in [1.29, 1.82) is 0 Å². The molecular weight excluding hydrogens is 300 g/mol. The molecule has 0 unspecified atom stereocenters. The number of ketones is 2. The minimum absolute atomic E-state index is 0.0573. The van der Waals surface area contributed by atoms with Crippen LogP contribution >= 0.6 is 0 Å². The van der Waals surface area contributed by atoms with Crippen LogP contribution in [0.4, 0.5) is 0 Å². The van der Waals surface area contributed by atoms with E-state index >= 15 is 0 Å². The summed E-state index contributed by atoms with van der Waals surface area (Å²) in [6.07, 6.45) is 9.89. The molecule has 1 N–H and O–H groups in total. The molecule has 0 aliphatic heterocycles. The third kappa shape index (κ3) is 2.00. The zero-order chi connectivity index (χ0) is 17.3. The fourth-order valence-corrected chi connectivity index (χ4v) is 6.99. The van der Waals surface area contributed by atoms with Gasteiger partial charge in [-0.05, 0) is 68.4 Å². The van der Waals surface area contributed by atoms with Gasteiger partial charge in [0.25, 0.3) is 0 Å². The number of carbonyl (C=O) groups is 2. The van der Waals surface area contributed by atoms with E-state index in [1.165, 1.54) is 5.57 Å². The number of rotatable bonds is 1. The first-order chi connectivity index (χ1) is 11.3. The standard InChI is InChI=1S/C21H28O3/c1-12(22)16-6-7-17-15-5-4-13-10-14(23)8-9-20(13,2)19(15)18(24)11-21(16,17)3/h8-10,15-19,24H,4-7,11H2,1-3H3/t15-,16+,17-,18-,19+,20-,21+/m0/s1. The highest BCUT2D eigenvalue weighted by Gasteiger charge is 2.62. The van der Waals surface area contributed by atoms with Gasteiger partial charge in [0, 0.05) is 17.3 Å². The van der Waals surface area contributed by atoms with Crippen LogP contribution < -0.4 is 0 Å². The predicted octanol–water partition coefficient (Wildman–Crippen LogP) is 3.47. The Morgan fingerprint density at radius 3 is 2.71 bits per heavy atom. The third-order valence-electron chi connectivity index (χ3n) is 7.98. The summed E-state index contributed by atoms with van der Waals surface area (Å²) in [7, 11) is 0. The van der Waals surface area contributed by atoms with Gasteiger partial charge in [-0.15, -0.1) is 0 Å². The second kappa shape index (κ2) is 5.14. The molecule has 0 heterocycles. The van der Waals surface area contributed by atoms with Crippen LogP contribution in [0.1, 0.15) is 52.9 Å². The molecule has 24 heavy (non-hydrogen) atoms. The normalized spacial score (nSPS) is 49.9. The van der Waals surface area contributed by atoms with Crippen LogP contribution in [-0.2, 0) is 9.59 Å². The Labute approximate surface area is 144 Å². The number of allylic oxidation sites excluding steroid dienone is 4. The Hall–Kier alpha value is -1.22. The van der Waals surface area contributed by atoms with Gasteiger partial charge < -0.3 is 5.11 Å². The largest absolute Gasteiger partial charge is 0.393 e. The minimum atomic E-state index is -0.400. The molecule has 0 bridgehead atoms. The molecule has 3 fully saturated rings. The van der Waals surface area contributed by atoms with Crippen LogP contribution in [-0.4, -0.2) is 22.8 Å². The molecule has 7 atom stereocenters. The van der Waals surface area contributed by atoms with E-state index in [9.17, 15) is 14.7 Å². The van der Waals surface area contributed by atoms with Gasteiger partial charge in [-0.2, -0.15) is 0 Å². The lowest BCUT2D eigenvalue weighted by Crippen LogP contribution is -2.56. The van der Waals surface area contributed by atoms with Crippen molar-refractivity contribution in [3.63, 3.8) is 0 Å². The Morgan fingerprint density at radius 1 is 1.25 bits per heavy atom. The maximum atomic E-state index is 12.2. The predicted molar refractivity (Wildman–Crippen MR) is 92.2 cm³/mol. The van der Waals surface area contributed by atoms with E-state index in [1.807, 2.05) is 6.08 Å². The summed E-state index contributed by atoms with van der Waals surface area (Å²) in [4.78, 5) is 24.0. The fourth-order valence-electron chi connectivity index (χ4n) is 6.99. The van der Waals surface area contributed by atoms with E-state index in [1.54, 1.807) is 19.1 Å². The maximum Gasteiger partial charge on any atom is 0.178 e. The summed E-state index contributed by atoms with van der Waals surface area (Å²) in [6, 6.07) is 0. The molecule has 0 aromatic heterocycles. The van der Waals surface area contributed by atoms with Crippen LogP contribution in [0, 0.1) is 34.5 Å². The van der Waals surface area contributed by atoms with Crippen LogP contribution in [0.2, 0.25) is 0 Å². The number of hydrogen-bond donors (Lipinski definition) is 1. The van der Waals surface area contributed by atoms with Gasteiger partial charge in [0.05, 0.1) is 6.10 Å². The van der Waals surface area contributed by atoms with Gasteiger partial charge in [-0.25, -0.2) is 0 Å². The lowest BCUT2D eigenvalue weighted by molar-refractivity contribution is -0.137. The van der Waals surface area contributed by atoms with Crippen LogP contribution in [0.3, 0.4) is 0 Å². The second-order valence-corrected chi connectivity index (χ2v) is 9.04. The first-order valence-corrected chi connectivity index (χ1v) is 9.40. The molecule has 4 rings (SSSR count). The summed E-state index contributed by atoms with van der Waals surface area (Å²) in [5.74, 6) is 1.61. The van der Waals surface area contributed by atoms with Gasteiger partial charge in [0.1, 0.15) is 5.78 Å². The van der Waals surface area contributed by atoms with E-state index in [2.05, 4.69) is 13.8 Å². The van der Waals surface area contributed by atoms with Crippen molar-refractivity contribution in [1.82, 2.24) is 0 Å². The average molecular weight is 328 g/mol. The smallest absolute Gasteiger partial charge is 0.178 e. The molecule has 3 heteroatoms. The molecule has 0 aromatic rings. The number of hydrogen-bond acceptors (Lipinski definition) is 3. The summed E-state index contributed by atoms with van der Waals surface area (Å²) in [5.41, 5.74) is 0.935. The number of Topliss-reactive ketones (excluding diaryl/α,β-unsaturated/α-hetero) is 1. The maximum absolute atomic E-state index is 12.2. The highest BCUT2D eigenvalue weighted by atomic mass is 16.3. The highest BCUT2D eigenvalue weighted by Crippen LogP contribution is 2.65. The fraction of sp³-hybridized carbons (Fsp3) is 0.714. The van der Waals surface area contributed by atoms with E-state index < -0.39 is 6.10 Å². The molecule has 0 saturated heterocycles. The summed E-state index contributed by atoms with van der Waals surface area (Å²) >= 11 is 0. The molecule has 0 amide bonds. The lowest BCUT2D eigenvalue weighted by Gasteiger charge is -2.58. The van der Waals surface area contributed by atoms with Crippen molar-refractivity contribution in [2.45, 2.75) is 59.0 Å². The van der Waals surface area contributed by atoms with Crippen molar-refractivity contribution in [2.75, 3.05) is 0 Å². The number of fused-ring (bicyclic) bond motifs is 5. The Balaban J connectivity index is 1.74. The van der Waals surface area contributed by atoms with Crippen molar-refractivity contribution in [2.24, 2.45) is 34.5 Å². The SMILES string of the molecule is CC(=O)[C@H]1CC[C@H]2[C@@H]3CCC4=CC(=O)C=C[C@]4(C)[C@H]3[C@@H](O)C[C@]12C. The first kappa shape index (κ1) is 16.3. The van der Waals surface area contributed by atoms with Crippen LogP contribution in [0.25, 0.3) is 0 Å². The van der Waals surface area contributed by atoms with Gasteiger partial charge in [0.15, 0.2) is 5.78 Å². The summed E-state index contributed by atoms with van der Waals surface area (Å²) in [6.45, 7) is 6.15. The van der Waals surface area contributed by atoms with Crippen LogP contribution in [0.5, 0.6) is 0 Å². The van der Waals surface area contributed by atoms with Crippen molar-refractivity contribution < 1.29 is 14.7 Å². The van der Waals surface area contributed by atoms with Gasteiger partial charge in [-0.1, -0.05) is 25.5 Å². The topological polar surface area (TPSA) is 54.4 Å². The lowest BCUT2D eigenvalue weighted by atomic mass is 9.46. The molecule has 4 aliphatic carbocycles. The second-order valence-electron chi connectivity index (χ2n) is 9.04. The van der Waals surface area contributed by atoms with E-state index in [4.69, 9.17) is 0 Å². The van der Waals surface area contributed by atoms with E-state index in [0.29, 0.717) is 18.3 Å². The average Bonchev–Trinajstić information content (AvgIpc) is 2.84. The molecule has 3 saturated carbocycles. The zero-order valence-corrected chi connectivity index (χ0v) is 14.9. The van der Waals surface area contributed by atoms with Crippen molar-refractivity contribution in [3.05, 3.63) is 23.8 Å². The molecule has 0 aromatic carbocycles. The van der Waals surface area contributed by atoms with Crippen LogP contribution in [0.15, 0.2) is 23.8 Å². The van der Waals surface area contributed by atoms with Crippen molar-refractivity contribution >= 4 is 11.6 Å². The number of aliphatic hydroxyl groups is 1. The summed E-state index contributed by atoms with van der Waals surface area (Å²) in [5, 5.41) is 11.1. The third-order valence-corrected chi connectivity index (χ3v) is 7.98. The Kier molecular flexibility index (Phi) is 3.48. The van der Waals surface area contributed by atoms with Gasteiger partial charge in [0.2, 0.25) is 0 Å². The van der Waals surface area contributed by atoms with Gasteiger partial charge in [-0.3, -0.25) is 9.59 Å². The minimum Gasteiger partial charge on any atom is -0.393 e. The molecule has 0 spiro atoms. The molecule has 0 radical (unpaired) electrons. The summed E-state index contributed by atoms with van der Waals surface area (Å²) < 4.78 is 0. The first-order valence-electron chi connectivity index (χ1n) is 9.40. The number of aliphatic hydroxyl groups excluding tert-OH is 1. The highest BCUT2D eigenvalue weighted by molar-refractivity contribution is 6.01. The molecule has 130 valence electrons. The Bertz CT molecular complexity index is 660. The Morgan fingerprint density at radius 2 is 2.00 bits per heavy atom. The van der Waals surface area contributed by atoms with Crippen molar-refractivity contribution in [3.8, 4) is 0 Å². The number of carbonyl (C=O) groups excluding carboxylic acids is 2. The quantitative estimate of drug-likeness (QED) is 0.802. The molecular formula is C21H28O3. The van der Waals surface area contributed by atoms with E-state index in [0.717, 1.165) is 25.7 Å². The molecule has 3 nitrogen and oxygen atoms in total. The van der Waals surface area contributed by atoms with E-state index in [-0.39, 0.29) is 34.2 Å². The molecule has 4 aliphatic rings. The monoisotopic (exact) mass is 328 g/mol. The van der Waals surface area contributed by atoms with Gasteiger partial charge >= 0.3 is 0 Å².